The molecule has 4 rings (SSSR count). The Morgan fingerprint density at radius 2 is 1.86 bits per heavy atom. The molecule has 8 atom stereocenters. The first-order valence-electron chi connectivity index (χ1n) is 12.7. The molecule has 4 aliphatic carbocycles. The van der Waals surface area contributed by atoms with Crippen LogP contribution in [0.25, 0.3) is 0 Å². The summed E-state index contributed by atoms with van der Waals surface area (Å²) >= 11 is 0. The molecule has 2 fully saturated rings. The van der Waals surface area contributed by atoms with E-state index in [1.165, 1.54) is 63.4 Å². The van der Waals surface area contributed by atoms with Crippen molar-refractivity contribution >= 4 is 0 Å². The van der Waals surface area contributed by atoms with Gasteiger partial charge in [0.2, 0.25) is 0 Å². The molecule has 2 saturated carbocycles. The summed E-state index contributed by atoms with van der Waals surface area (Å²) in [6.07, 6.45) is 15.5. The van der Waals surface area contributed by atoms with Crippen LogP contribution in [0.2, 0.25) is 0 Å². The van der Waals surface area contributed by atoms with E-state index < -0.39 is 0 Å². The average molecular weight is 399 g/mol. The molecule has 0 aromatic heterocycles. The summed E-state index contributed by atoms with van der Waals surface area (Å²) in [7, 11) is 0. The molecule has 0 bridgehead atoms. The van der Waals surface area contributed by atoms with Crippen LogP contribution in [0.5, 0.6) is 0 Å². The molecule has 0 heterocycles. The van der Waals surface area contributed by atoms with Crippen LogP contribution in [-0.4, -0.2) is 11.2 Å². The number of rotatable bonds is 4. The zero-order valence-corrected chi connectivity index (χ0v) is 20.1. The van der Waals surface area contributed by atoms with Crippen molar-refractivity contribution < 1.29 is 5.11 Å². The maximum atomic E-state index is 10.5. The highest BCUT2D eigenvalue weighted by atomic mass is 16.3. The Hall–Kier alpha value is -0.560. The molecule has 1 heteroatoms. The molecule has 0 spiro atoms. The van der Waals surface area contributed by atoms with E-state index in [-0.39, 0.29) is 6.10 Å². The standard InChI is InChI=1S/C28H46O/c1-18(2)8-7-9-19(3)22-12-13-24-21-10-11-23-20(4)26(29)15-17-28(23,6)25(21)14-16-27(22,24)5/h8,19-20,22-24,26,29H,7,9-17H2,1-6H3. The third-order valence-electron chi connectivity index (χ3n) is 10.4. The molecule has 0 aromatic rings. The molecular formula is C28H46O. The van der Waals surface area contributed by atoms with Crippen LogP contribution in [0.3, 0.4) is 0 Å². The van der Waals surface area contributed by atoms with Crippen molar-refractivity contribution in [2.75, 3.05) is 0 Å². The van der Waals surface area contributed by atoms with Gasteiger partial charge in [-0.1, -0.05) is 50.5 Å². The molecule has 0 amide bonds. The second-order valence-corrected chi connectivity index (χ2v) is 12.1. The van der Waals surface area contributed by atoms with Crippen LogP contribution in [-0.2, 0) is 0 Å². The first-order valence-corrected chi connectivity index (χ1v) is 12.7. The fraction of sp³-hybridized carbons (Fsp3) is 0.857. The van der Waals surface area contributed by atoms with Crippen LogP contribution in [0.1, 0.15) is 106 Å². The van der Waals surface area contributed by atoms with Crippen LogP contribution < -0.4 is 0 Å². The fourth-order valence-electron chi connectivity index (χ4n) is 8.72. The van der Waals surface area contributed by atoms with Crippen LogP contribution in [0.4, 0.5) is 0 Å². The van der Waals surface area contributed by atoms with E-state index in [2.05, 4.69) is 47.6 Å². The molecule has 1 N–H and O–H groups in total. The Labute approximate surface area is 180 Å². The van der Waals surface area contributed by atoms with Gasteiger partial charge in [-0.25, -0.2) is 0 Å². The highest BCUT2D eigenvalue weighted by Gasteiger charge is 2.56. The van der Waals surface area contributed by atoms with E-state index in [1.807, 2.05) is 11.1 Å². The minimum atomic E-state index is -0.0680. The third kappa shape index (κ3) is 3.48. The minimum absolute atomic E-state index is 0.0680. The molecule has 0 saturated heterocycles. The second-order valence-electron chi connectivity index (χ2n) is 12.1. The van der Waals surface area contributed by atoms with Crippen LogP contribution in [0.15, 0.2) is 22.8 Å². The van der Waals surface area contributed by atoms with E-state index in [9.17, 15) is 5.11 Å². The Balaban J connectivity index is 1.57. The lowest BCUT2D eigenvalue weighted by Crippen LogP contribution is -2.49. The first kappa shape index (κ1) is 21.7. The summed E-state index contributed by atoms with van der Waals surface area (Å²) in [6, 6.07) is 0. The van der Waals surface area contributed by atoms with E-state index in [1.54, 1.807) is 0 Å². The van der Waals surface area contributed by atoms with Crippen LogP contribution in [0, 0.1) is 40.4 Å². The van der Waals surface area contributed by atoms with Gasteiger partial charge in [-0.15, -0.1) is 0 Å². The molecule has 0 aliphatic heterocycles. The van der Waals surface area contributed by atoms with Gasteiger partial charge in [-0.3, -0.25) is 0 Å². The van der Waals surface area contributed by atoms with Crippen molar-refractivity contribution in [1.29, 1.82) is 0 Å². The van der Waals surface area contributed by atoms with Gasteiger partial charge in [-0.05, 0) is 118 Å². The summed E-state index contributed by atoms with van der Waals surface area (Å²) in [5, 5.41) is 10.5. The van der Waals surface area contributed by atoms with Gasteiger partial charge in [0.05, 0.1) is 6.10 Å². The number of allylic oxidation sites excluding steroid dienone is 4. The van der Waals surface area contributed by atoms with E-state index in [0.29, 0.717) is 22.7 Å². The maximum absolute atomic E-state index is 10.5. The topological polar surface area (TPSA) is 20.2 Å². The number of aliphatic hydroxyl groups is 1. The van der Waals surface area contributed by atoms with Gasteiger partial charge in [0, 0.05) is 0 Å². The predicted octanol–water partition coefficient (Wildman–Crippen LogP) is 7.70. The minimum Gasteiger partial charge on any atom is -0.393 e. The van der Waals surface area contributed by atoms with Gasteiger partial charge in [0.25, 0.3) is 0 Å². The van der Waals surface area contributed by atoms with Crippen molar-refractivity contribution in [3.8, 4) is 0 Å². The van der Waals surface area contributed by atoms with Gasteiger partial charge < -0.3 is 5.11 Å². The quantitative estimate of drug-likeness (QED) is 0.481. The summed E-state index contributed by atoms with van der Waals surface area (Å²) in [5.74, 6) is 3.78. The Morgan fingerprint density at radius 1 is 1.10 bits per heavy atom. The first-order chi connectivity index (χ1) is 13.7. The highest BCUT2D eigenvalue weighted by molar-refractivity contribution is 5.34. The van der Waals surface area contributed by atoms with Gasteiger partial charge in [-0.2, -0.15) is 0 Å². The second kappa shape index (κ2) is 7.85. The summed E-state index contributed by atoms with van der Waals surface area (Å²) in [6.45, 7) is 14.6. The highest BCUT2D eigenvalue weighted by Crippen LogP contribution is 2.66. The largest absolute Gasteiger partial charge is 0.393 e. The van der Waals surface area contributed by atoms with Crippen LogP contribution >= 0.6 is 0 Å². The Morgan fingerprint density at radius 3 is 2.59 bits per heavy atom. The summed E-state index contributed by atoms with van der Waals surface area (Å²) in [4.78, 5) is 0. The van der Waals surface area contributed by atoms with Gasteiger partial charge in [0.15, 0.2) is 0 Å². The SMILES string of the molecule is CC(C)=CCCC(C)C1CCC2C3=C(CCC21C)C1(C)CCC(O)C(C)C1CC3. The lowest BCUT2D eigenvalue weighted by Gasteiger charge is -2.56. The molecule has 29 heavy (non-hydrogen) atoms. The zero-order valence-electron chi connectivity index (χ0n) is 20.1. The summed E-state index contributed by atoms with van der Waals surface area (Å²) < 4.78 is 0. The fourth-order valence-corrected chi connectivity index (χ4v) is 8.72. The average Bonchev–Trinajstić information content (AvgIpc) is 3.02. The number of fused-ring (bicyclic) bond motifs is 4. The van der Waals surface area contributed by atoms with Gasteiger partial charge >= 0.3 is 0 Å². The van der Waals surface area contributed by atoms with Gasteiger partial charge in [0.1, 0.15) is 0 Å². The molecular weight excluding hydrogens is 352 g/mol. The van der Waals surface area contributed by atoms with Crippen molar-refractivity contribution in [2.24, 2.45) is 40.4 Å². The molecule has 4 aliphatic rings. The smallest absolute Gasteiger partial charge is 0.0569 e. The van der Waals surface area contributed by atoms with Crippen molar-refractivity contribution in [1.82, 2.24) is 0 Å². The lowest BCUT2D eigenvalue weighted by atomic mass is 9.49. The number of hydrogen-bond acceptors (Lipinski definition) is 1. The predicted molar refractivity (Wildman–Crippen MR) is 124 cm³/mol. The molecule has 0 aromatic carbocycles. The normalized spacial score (nSPS) is 45.3. The lowest BCUT2D eigenvalue weighted by molar-refractivity contribution is -0.0336. The number of aliphatic hydroxyl groups excluding tert-OH is 1. The van der Waals surface area contributed by atoms with E-state index >= 15 is 0 Å². The maximum Gasteiger partial charge on any atom is 0.0569 e. The summed E-state index contributed by atoms with van der Waals surface area (Å²) in [5.41, 5.74) is 6.15. The monoisotopic (exact) mass is 398 g/mol. The van der Waals surface area contributed by atoms with E-state index in [4.69, 9.17) is 0 Å². The molecule has 0 radical (unpaired) electrons. The van der Waals surface area contributed by atoms with E-state index in [0.717, 1.165) is 24.2 Å². The third-order valence-corrected chi connectivity index (χ3v) is 10.4. The molecule has 8 unspecified atom stereocenters. The molecule has 164 valence electrons. The zero-order chi connectivity index (χ0) is 21.0. The Bertz CT molecular complexity index is 682. The Kier molecular flexibility index (Phi) is 5.86. The van der Waals surface area contributed by atoms with Crippen molar-refractivity contribution in [3.05, 3.63) is 22.8 Å². The molecule has 1 nitrogen and oxygen atoms in total. The number of hydrogen-bond donors (Lipinski definition) is 1. The van der Waals surface area contributed by atoms with Crippen molar-refractivity contribution in [2.45, 2.75) is 112 Å². The van der Waals surface area contributed by atoms with Crippen molar-refractivity contribution in [3.63, 3.8) is 0 Å².